The van der Waals surface area contributed by atoms with E-state index in [2.05, 4.69) is 21.2 Å². The third-order valence-electron chi connectivity index (χ3n) is 5.96. The number of hydrogen-bond acceptors (Lipinski definition) is 3. The second-order valence-corrected chi connectivity index (χ2v) is 9.39. The van der Waals surface area contributed by atoms with E-state index in [9.17, 15) is 8.42 Å². The molecule has 0 spiro atoms. The van der Waals surface area contributed by atoms with Gasteiger partial charge >= 0.3 is 0 Å². The number of para-hydroxylation sites is 1. The Kier molecular flexibility index (Phi) is 5.17. The predicted octanol–water partition coefficient (Wildman–Crippen LogP) is 4.24. The Morgan fingerprint density at radius 2 is 1.85 bits per heavy atom. The molecule has 144 valence electrons. The first-order valence-corrected chi connectivity index (χ1v) is 11.4. The zero-order valence-corrected chi connectivity index (χ0v) is 16.7. The van der Waals surface area contributed by atoms with E-state index in [0.29, 0.717) is 11.4 Å². The molecule has 4 rings (SSSR count). The van der Waals surface area contributed by atoms with E-state index in [1.165, 1.54) is 6.42 Å². The lowest BCUT2D eigenvalue weighted by molar-refractivity contribution is 0.317. The van der Waals surface area contributed by atoms with Gasteiger partial charge in [-0.15, -0.1) is 4.40 Å². The Morgan fingerprint density at radius 1 is 1.07 bits per heavy atom. The quantitative estimate of drug-likeness (QED) is 0.585. The molecule has 2 aliphatic rings. The van der Waals surface area contributed by atoms with Gasteiger partial charge in [0.15, 0.2) is 0 Å². The number of sulfonamides is 1. The van der Waals surface area contributed by atoms with Crippen LogP contribution in [0, 0.1) is 11.8 Å². The van der Waals surface area contributed by atoms with E-state index in [1.54, 1.807) is 18.3 Å². The van der Waals surface area contributed by atoms with Crippen LogP contribution in [0.25, 0.3) is 10.9 Å². The topological polar surface area (TPSA) is 62.6 Å². The van der Waals surface area contributed by atoms with Crippen molar-refractivity contribution in [2.24, 2.45) is 16.2 Å². The van der Waals surface area contributed by atoms with Crippen LogP contribution in [0.3, 0.4) is 0 Å². The summed E-state index contributed by atoms with van der Waals surface area (Å²) in [5.41, 5.74) is 0.501. The number of pyridine rings is 1. The summed E-state index contributed by atoms with van der Waals surface area (Å²) in [4.78, 5) is 6.75. The summed E-state index contributed by atoms with van der Waals surface area (Å²) in [7, 11) is -3.81. The number of nitrogens with zero attached hydrogens (tertiary/aromatic N) is 3. The average Bonchev–Trinajstić information content (AvgIpc) is 3.12. The molecule has 1 aliphatic heterocycles. The maximum atomic E-state index is 13.3. The summed E-state index contributed by atoms with van der Waals surface area (Å²) in [5, 5.41) is 0.822. The molecule has 2 aromatic rings. The van der Waals surface area contributed by atoms with Gasteiger partial charge in [0.05, 0.1) is 5.52 Å². The minimum atomic E-state index is -3.81. The fourth-order valence-electron chi connectivity index (χ4n) is 4.47. The zero-order valence-electron chi connectivity index (χ0n) is 15.8. The van der Waals surface area contributed by atoms with Gasteiger partial charge in [-0.25, -0.2) is 0 Å². The highest BCUT2D eigenvalue weighted by Crippen LogP contribution is 2.35. The van der Waals surface area contributed by atoms with Gasteiger partial charge in [0.1, 0.15) is 10.7 Å². The van der Waals surface area contributed by atoms with Gasteiger partial charge in [0.2, 0.25) is 0 Å². The molecule has 0 N–H and O–H groups in total. The number of piperidine rings is 1. The van der Waals surface area contributed by atoms with Gasteiger partial charge in [-0.2, -0.15) is 8.42 Å². The van der Waals surface area contributed by atoms with Crippen molar-refractivity contribution in [3.8, 4) is 0 Å². The minimum absolute atomic E-state index is 0.209. The summed E-state index contributed by atoms with van der Waals surface area (Å²) < 4.78 is 31.1. The molecule has 1 saturated carbocycles. The maximum absolute atomic E-state index is 13.3. The van der Waals surface area contributed by atoms with Crippen molar-refractivity contribution in [1.82, 2.24) is 9.88 Å². The van der Waals surface area contributed by atoms with Crippen molar-refractivity contribution in [2.45, 2.75) is 50.3 Å². The summed E-state index contributed by atoms with van der Waals surface area (Å²) >= 11 is 0. The number of benzene rings is 1. The molecule has 0 bridgehead atoms. The molecule has 0 radical (unpaired) electrons. The molecule has 1 saturated heterocycles. The molecule has 6 heteroatoms. The lowest BCUT2D eigenvalue weighted by atomic mass is 9.95. The number of fused-ring (bicyclic) bond motifs is 1. The summed E-state index contributed by atoms with van der Waals surface area (Å²) in [6.07, 6.45) is 8.38. The second-order valence-electron chi connectivity index (χ2n) is 7.82. The second kappa shape index (κ2) is 7.58. The molecule has 2 atom stereocenters. The third-order valence-corrected chi connectivity index (χ3v) is 7.27. The van der Waals surface area contributed by atoms with Gasteiger partial charge in [0.25, 0.3) is 10.0 Å². The van der Waals surface area contributed by atoms with Crippen molar-refractivity contribution in [3.05, 3.63) is 36.5 Å². The Bertz CT molecular complexity index is 944. The number of hydrogen-bond donors (Lipinski definition) is 0. The van der Waals surface area contributed by atoms with E-state index in [0.717, 1.165) is 56.4 Å². The minimum Gasteiger partial charge on any atom is -0.359 e. The van der Waals surface area contributed by atoms with Crippen molar-refractivity contribution in [3.63, 3.8) is 0 Å². The van der Waals surface area contributed by atoms with Crippen molar-refractivity contribution in [1.29, 1.82) is 0 Å². The first-order valence-electron chi connectivity index (χ1n) is 10.00. The highest BCUT2D eigenvalue weighted by atomic mass is 32.2. The fourth-order valence-corrected chi connectivity index (χ4v) is 5.73. The van der Waals surface area contributed by atoms with E-state index in [1.807, 2.05) is 18.2 Å². The monoisotopic (exact) mass is 385 g/mol. The number of likely N-dealkylation sites (tertiary alicyclic amines) is 1. The Labute approximate surface area is 161 Å². The lowest BCUT2D eigenvalue weighted by Gasteiger charge is -2.33. The summed E-state index contributed by atoms with van der Waals surface area (Å²) in [5.74, 6) is 1.50. The normalized spacial score (nSPS) is 24.5. The Balaban J connectivity index is 1.80. The SMILES string of the molecule is CC1CCCC1C(=NS(=O)(=O)c1cccc2cccnc12)N1CCCCC1. The van der Waals surface area contributed by atoms with Crippen LogP contribution in [0.4, 0.5) is 0 Å². The molecule has 5 nitrogen and oxygen atoms in total. The van der Waals surface area contributed by atoms with Gasteiger partial charge in [-0.1, -0.05) is 31.5 Å². The standard InChI is InChI=1S/C21H27N3O2S/c1-16-8-5-11-18(16)21(24-14-3-2-4-15-24)23-27(25,26)19-12-6-9-17-10-7-13-22-20(17)19/h6-7,9-10,12-13,16,18H,2-5,8,11,14-15H2,1H3. The van der Waals surface area contributed by atoms with Crippen molar-refractivity contribution in [2.75, 3.05) is 13.1 Å². The van der Waals surface area contributed by atoms with E-state index >= 15 is 0 Å². The fraction of sp³-hybridized carbons (Fsp3) is 0.524. The van der Waals surface area contributed by atoms with Crippen LogP contribution in [0.5, 0.6) is 0 Å². The molecule has 1 aromatic carbocycles. The molecule has 1 aromatic heterocycles. The van der Waals surface area contributed by atoms with E-state index < -0.39 is 10.0 Å². The molecule has 2 fully saturated rings. The van der Waals surface area contributed by atoms with Crippen LogP contribution in [0.2, 0.25) is 0 Å². The first kappa shape index (κ1) is 18.4. The van der Waals surface area contributed by atoms with E-state index in [-0.39, 0.29) is 10.8 Å². The van der Waals surface area contributed by atoms with Crippen LogP contribution < -0.4 is 0 Å². The van der Waals surface area contributed by atoms with Crippen LogP contribution in [-0.2, 0) is 10.0 Å². The van der Waals surface area contributed by atoms with E-state index in [4.69, 9.17) is 0 Å². The highest BCUT2D eigenvalue weighted by molar-refractivity contribution is 7.90. The third kappa shape index (κ3) is 3.72. The van der Waals surface area contributed by atoms with Gasteiger partial charge < -0.3 is 4.90 Å². The van der Waals surface area contributed by atoms with Gasteiger partial charge in [-0.3, -0.25) is 4.98 Å². The number of aromatic nitrogens is 1. The van der Waals surface area contributed by atoms with Crippen LogP contribution in [-0.4, -0.2) is 37.2 Å². The summed E-state index contributed by atoms with van der Waals surface area (Å²) in [6, 6.07) is 8.98. The molecular weight excluding hydrogens is 358 g/mol. The van der Waals surface area contributed by atoms with Crippen molar-refractivity contribution >= 4 is 26.8 Å². The maximum Gasteiger partial charge on any atom is 0.286 e. The number of rotatable bonds is 3. The smallest absolute Gasteiger partial charge is 0.286 e. The summed E-state index contributed by atoms with van der Waals surface area (Å²) in [6.45, 7) is 4.04. The predicted molar refractivity (Wildman–Crippen MR) is 108 cm³/mol. The molecular formula is C21H27N3O2S. The van der Waals surface area contributed by atoms with Gasteiger partial charge in [0, 0.05) is 30.6 Å². The Hall–Kier alpha value is -1.95. The largest absolute Gasteiger partial charge is 0.359 e. The molecule has 2 heterocycles. The van der Waals surface area contributed by atoms with Crippen LogP contribution >= 0.6 is 0 Å². The molecule has 27 heavy (non-hydrogen) atoms. The van der Waals surface area contributed by atoms with Crippen LogP contribution in [0.15, 0.2) is 45.8 Å². The van der Waals surface area contributed by atoms with Crippen LogP contribution in [0.1, 0.15) is 45.4 Å². The average molecular weight is 386 g/mol. The molecule has 1 aliphatic carbocycles. The van der Waals surface area contributed by atoms with Gasteiger partial charge in [-0.05, 0) is 50.2 Å². The van der Waals surface area contributed by atoms with Crippen molar-refractivity contribution < 1.29 is 8.42 Å². The Morgan fingerprint density at radius 3 is 2.59 bits per heavy atom. The zero-order chi connectivity index (χ0) is 18.9. The number of amidine groups is 1. The highest BCUT2D eigenvalue weighted by Gasteiger charge is 2.33. The first-order chi connectivity index (χ1) is 13.1. The molecule has 2 unspecified atom stereocenters. The lowest BCUT2D eigenvalue weighted by Crippen LogP contribution is -2.41. The molecule has 0 amide bonds.